The van der Waals surface area contributed by atoms with Gasteiger partial charge in [0.2, 0.25) is 0 Å². The molecule has 0 spiro atoms. The van der Waals surface area contributed by atoms with E-state index < -0.39 is 0 Å². The van der Waals surface area contributed by atoms with E-state index in [1.54, 1.807) is 0 Å². The van der Waals surface area contributed by atoms with Crippen LogP contribution in [0.4, 0.5) is 0 Å². The highest BCUT2D eigenvalue weighted by Gasteiger charge is 2.09. The highest BCUT2D eigenvalue weighted by molar-refractivity contribution is 7.28. The van der Waals surface area contributed by atoms with E-state index in [2.05, 4.69) is 68.1 Å². The fraction of sp³-hybridized carbons (Fsp3) is 0.294. The zero-order valence-corrected chi connectivity index (χ0v) is 13.0. The molecule has 0 saturated heterocycles. The molecule has 18 heavy (non-hydrogen) atoms. The molecule has 0 radical (unpaired) electrons. The number of hydrogen-bond acceptors (Lipinski definition) is 0. The van der Waals surface area contributed by atoms with Crippen molar-refractivity contribution in [3.05, 3.63) is 52.1 Å². The van der Waals surface area contributed by atoms with Gasteiger partial charge in [-0.2, -0.15) is 0 Å². The number of rotatable bonds is 1. The Morgan fingerprint density at radius 2 is 1.28 bits per heavy atom. The van der Waals surface area contributed by atoms with Crippen molar-refractivity contribution < 1.29 is 0 Å². The van der Waals surface area contributed by atoms with Crippen molar-refractivity contribution >= 4 is 14.5 Å². The number of hydrogen-bond donors (Lipinski definition) is 0. The van der Waals surface area contributed by atoms with Crippen LogP contribution in [0.1, 0.15) is 27.8 Å². The van der Waals surface area contributed by atoms with E-state index in [4.69, 9.17) is 0 Å². The molecule has 0 fully saturated rings. The molecule has 1 unspecified atom stereocenters. The molecule has 94 valence electrons. The Bertz CT molecular complexity index is 563. The van der Waals surface area contributed by atoms with E-state index in [9.17, 15) is 0 Å². The predicted molar refractivity (Wildman–Crippen MR) is 84.9 cm³/mol. The fourth-order valence-corrected chi connectivity index (χ4v) is 3.23. The average molecular weight is 256 g/mol. The summed E-state index contributed by atoms with van der Waals surface area (Å²) in [5.74, 6) is 0. The quantitative estimate of drug-likeness (QED) is 0.663. The highest BCUT2D eigenvalue weighted by Crippen LogP contribution is 2.28. The van der Waals surface area contributed by atoms with Crippen LogP contribution in [0.25, 0.3) is 11.1 Å². The summed E-state index contributed by atoms with van der Waals surface area (Å²) in [6.45, 7) is 10.9. The molecule has 0 saturated carbocycles. The molecule has 1 heteroatoms. The van der Waals surface area contributed by atoms with Crippen molar-refractivity contribution in [3.8, 4) is 11.1 Å². The molecule has 0 nitrogen and oxygen atoms in total. The Kier molecular flexibility index (Phi) is 3.59. The lowest BCUT2D eigenvalue weighted by Crippen LogP contribution is -2.02. The molecule has 2 rings (SSSR count). The van der Waals surface area contributed by atoms with Gasteiger partial charge in [0.15, 0.2) is 0 Å². The predicted octanol–water partition coefficient (Wildman–Crippen LogP) is 4.40. The van der Waals surface area contributed by atoms with Crippen molar-refractivity contribution in [1.82, 2.24) is 0 Å². The molecule has 0 heterocycles. The Balaban J connectivity index is 2.70. The zero-order chi connectivity index (χ0) is 13.4. The Morgan fingerprint density at radius 1 is 0.722 bits per heavy atom. The van der Waals surface area contributed by atoms with Crippen molar-refractivity contribution in [2.24, 2.45) is 0 Å². The second-order valence-corrected chi connectivity index (χ2v) is 5.90. The Labute approximate surface area is 113 Å². The summed E-state index contributed by atoms with van der Waals surface area (Å²) in [6, 6.07) is 9.09. The van der Waals surface area contributed by atoms with E-state index in [1.165, 1.54) is 44.2 Å². The lowest BCUT2D eigenvalue weighted by atomic mass is 9.93. The van der Waals surface area contributed by atoms with Crippen LogP contribution in [-0.4, -0.2) is 0 Å². The van der Waals surface area contributed by atoms with Crippen molar-refractivity contribution in [2.45, 2.75) is 34.6 Å². The van der Waals surface area contributed by atoms with E-state index in [0.717, 1.165) is 0 Å². The minimum atomic E-state index is 1.29. The monoisotopic (exact) mass is 256 g/mol. The third kappa shape index (κ3) is 2.35. The van der Waals surface area contributed by atoms with E-state index in [-0.39, 0.29) is 0 Å². The third-order valence-electron chi connectivity index (χ3n) is 3.73. The fourth-order valence-electron chi connectivity index (χ4n) is 2.57. The van der Waals surface area contributed by atoms with Gasteiger partial charge in [-0.05, 0) is 73.3 Å². The summed E-state index contributed by atoms with van der Waals surface area (Å²) in [5.41, 5.74) is 9.50. The summed E-state index contributed by atoms with van der Waals surface area (Å²) in [5, 5.41) is 1.29. The summed E-state index contributed by atoms with van der Waals surface area (Å²) in [4.78, 5) is 0. The van der Waals surface area contributed by atoms with Gasteiger partial charge in [-0.3, -0.25) is 0 Å². The molecule has 0 aliphatic heterocycles. The van der Waals surface area contributed by atoms with E-state index >= 15 is 0 Å². The molecule has 0 N–H and O–H groups in total. The first-order valence-corrected chi connectivity index (χ1v) is 6.93. The smallest absolute Gasteiger partial charge is 0.00826 e. The summed E-state index contributed by atoms with van der Waals surface area (Å²) < 4.78 is 0. The summed E-state index contributed by atoms with van der Waals surface area (Å²) >= 11 is 0. The van der Waals surface area contributed by atoms with Gasteiger partial charge in [0, 0.05) is 0 Å². The molecule has 0 aromatic heterocycles. The van der Waals surface area contributed by atoms with Gasteiger partial charge in [0.05, 0.1) is 0 Å². The first kappa shape index (κ1) is 13.3. The maximum absolute atomic E-state index is 2.87. The van der Waals surface area contributed by atoms with E-state index in [0.29, 0.717) is 0 Å². The first-order chi connectivity index (χ1) is 8.40. The Hall–Kier alpha value is -1.13. The van der Waals surface area contributed by atoms with Gasteiger partial charge >= 0.3 is 0 Å². The van der Waals surface area contributed by atoms with Gasteiger partial charge < -0.3 is 0 Å². The maximum atomic E-state index is 2.87. The van der Waals surface area contributed by atoms with Gasteiger partial charge in [-0.15, -0.1) is 9.24 Å². The van der Waals surface area contributed by atoms with Gasteiger partial charge in [-0.1, -0.05) is 29.8 Å². The van der Waals surface area contributed by atoms with Gasteiger partial charge in [0.1, 0.15) is 0 Å². The summed E-state index contributed by atoms with van der Waals surface area (Å²) in [6.07, 6.45) is 0. The zero-order valence-electron chi connectivity index (χ0n) is 11.9. The first-order valence-electron chi connectivity index (χ1n) is 6.35. The average Bonchev–Trinajstić information content (AvgIpc) is 2.24. The van der Waals surface area contributed by atoms with Crippen LogP contribution < -0.4 is 5.30 Å². The van der Waals surface area contributed by atoms with Crippen LogP contribution in [0.2, 0.25) is 0 Å². The van der Waals surface area contributed by atoms with Crippen molar-refractivity contribution in [3.63, 3.8) is 0 Å². The third-order valence-corrected chi connectivity index (χ3v) is 4.18. The molecular weight excluding hydrogens is 235 g/mol. The van der Waals surface area contributed by atoms with Crippen LogP contribution in [0.5, 0.6) is 0 Å². The van der Waals surface area contributed by atoms with Crippen molar-refractivity contribution in [2.75, 3.05) is 0 Å². The van der Waals surface area contributed by atoms with Crippen LogP contribution in [0.3, 0.4) is 0 Å². The lowest BCUT2D eigenvalue weighted by Gasteiger charge is -2.14. The second kappa shape index (κ2) is 4.86. The molecule has 0 aliphatic carbocycles. The lowest BCUT2D eigenvalue weighted by molar-refractivity contribution is 1.26. The molecular formula is C17H21P. The molecule has 2 aromatic rings. The normalized spacial score (nSPS) is 10.8. The largest absolute Gasteiger partial charge is 0.105 e. The Morgan fingerprint density at radius 3 is 1.78 bits per heavy atom. The molecule has 0 aliphatic rings. The minimum absolute atomic E-state index is 1.29. The van der Waals surface area contributed by atoms with Gasteiger partial charge in [0.25, 0.3) is 0 Å². The molecule has 2 aromatic carbocycles. The van der Waals surface area contributed by atoms with Crippen LogP contribution in [-0.2, 0) is 0 Å². The summed E-state index contributed by atoms with van der Waals surface area (Å²) in [7, 11) is 2.87. The van der Waals surface area contributed by atoms with Crippen LogP contribution >= 0.6 is 9.24 Å². The van der Waals surface area contributed by atoms with E-state index in [1.807, 2.05) is 0 Å². The van der Waals surface area contributed by atoms with Crippen LogP contribution in [0, 0.1) is 34.6 Å². The molecule has 0 bridgehead atoms. The standard InChI is InChI=1S/C17H21P/c1-10-6-13(4)17(16(18)7-10)15-8-11(2)14(5)12(3)9-15/h6-9H,18H2,1-5H3. The molecule has 1 atom stereocenters. The number of benzene rings is 2. The topological polar surface area (TPSA) is 0 Å². The van der Waals surface area contributed by atoms with Gasteiger partial charge in [-0.25, -0.2) is 0 Å². The van der Waals surface area contributed by atoms with Crippen LogP contribution in [0.15, 0.2) is 24.3 Å². The minimum Gasteiger partial charge on any atom is -0.105 e. The second-order valence-electron chi connectivity index (χ2n) is 5.28. The number of aryl methyl sites for hydroxylation is 4. The molecule has 0 amide bonds. The van der Waals surface area contributed by atoms with Crippen molar-refractivity contribution in [1.29, 1.82) is 0 Å². The maximum Gasteiger partial charge on any atom is -0.00826 e. The highest BCUT2D eigenvalue weighted by atomic mass is 31.0. The SMILES string of the molecule is Cc1cc(C)c(-c2cc(C)c(C)c(C)c2)c(P)c1.